The normalized spacial score (nSPS) is 18.2. The van der Waals surface area contributed by atoms with Crippen LogP contribution in [0.5, 0.6) is 0 Å². The first-order chi connectivity index (χ1) is 11.2. The summed E-state index contributed by atoms with van der Waals surface area (Å²) in [5, 5.41) is 22.6. The Labute approximate surface area is 140 Å². The maximum Gasteiger partial charge on any atom is 0.410 e. The second-order valence-electron chi connectivity index (χ2n) is 6.78. The summed E-state index contributed by atoms with van der Waals surface area (Å²) < 4.78 is 5.39. The van der Waals surface area contributed by atoms with E-state index in [0.717, 1.165) is 12.8 Å². The van der Waals surface area contributed by atoms with Gasteiger partial charge in [0.2, 0.25) is 0 Å². The molecule has 1 aliphatic heterocycles. The molecular formula is C15H24N5O4-. The number of carbonyl (C=O) groups is 1. The first-order valence-corrected chi connectivity index (χ1v) is 7.83. The second-order valence-corrected chi connectivity index (χ2v) is 6.78. The monoisotopic (exact) mass is 338 g/mol. The minimum Gasteiger partial charge on any atom is -0.733 e. The summed E-state index contributed by atoms with van der Waals surface area (Å²) in [7, 11) is 0. The zero-order chi connectivity index (χ0) is 17.9. The van der Waals surface area contributed by atoms with Crippen LogP contribution in [0.3, 0.4) is 0 Å². The zero-order valence-electron chi connectivity index (χ0n) is 14.2. The molecule has 1 aromatic rings. The molecule has 1 atom stereocenters. The van der Waals surface area contributed by atoms with E-state index < -0.39 is 5.60 Å². The van der Waals surface area contributed by atoms with Gasteiger partial charge in [-0.2, -0.15) is 0 Å². The Morgan fingerprint density at radius 1 is 1.54 bits per heavy atom. The maximum atomic E-state index is 12.2. The zero-order valence-corrected chi connectivity index (χ0v) is 14.2. The first-order valence-electron chi connectivity index (χ1n) is 7.83. The van der Waals surface area contributed by atoms with Crippen molar-refractivity contribution in [3.8, 4) is 0 Å². The van der Waals surface area contributed by atoms with E-state index in [9.17, 15) is 10.0 Å². The smallest absolute Gasteiger partial charge is 0.410 e. The van der Waals surface area contributed by atoms with Gasteiger partial charge in [-0.05, 0) is 45.7 Å². The van der Waals surface area contributed by atoms with Gasteiger partial charge in [0.05, 0.1) is 5.69 Å². The van der Waals surface area contributed by atoms with Crippen LogP contribution in [0.1, 0.15) is 33.6 Å². The van der Waals surface area contributed by atoms with Crippen LogP contribution in [0.2, 0.25) is 0 Å². The summed E-state index contributed by atoms with van der Waals surface area (Å²) >= 11 is 0. The molecule has 4 N–H and O–H groups in total. The van der Waals surface area contributed by atoms with Gasteiger partial charge in [-0.25, -0.2) is 9.78 Å². The number of piperidine rings is 1. The molecular weight excluding hydrogens is 314 g/mol. The Kier molecular flexibility index (Phi) is 5.35. The Balaban J connectivity index is 1.98. The summed E-state index contributed by atoms with van der Waals surface area (Å²) in [6.45, 7) is 6.64. The largest absolute Gasteiger partial charge is 0.733 e. The van der Waals surface area contributed by atoms with Crippen LogP contribution in [0.25, 0.3) is 0 Å². The van der Waals surface area contributed by atoms with Gasteiger partial charge >= 0.3 is 6.09 Å². The summed E-state index contributed by atoms with van der Waals surface area (Å²) in [6.07, 6.45) is 1.38. The van der Waals surface area contributed by atoms with Gasteiger partial charge in [0.1, 0.15) is 11.4 Å². The van der Waals surface area contributed by atoms with E-state index in [0.29, 0.717) is 18.9 Å². The molecule has 1 fully saturated rings. The van der Waals surface area contributed by atoms with Crippen LogP contribution < -0.4 is 16.3 Å². The molecule has 9 nitrogen and oxygen atoms in total. The summed E-state index contributed by atoms with van der Waals surface area (Å²) in [5.74, 6) is 0.409. The first kappa shape index (κ1) is 18.1. The Morgan fingerprint density at radius 3 is 2.83 bits per heavy atom. The number of rotatable bonds is 3. The lowest BCUT2D eigenvalue weighted by Gasteiger charge is -2.34. The molecule has 1 amide bonds. The maximum absolute atomic E-state index is 12.2. The molecule has 1 unspecified atom stereocenters. The van der Waals surface area contributed by atoms with Crippen LogP contribution in [-0.2, 0) is 4.74 Å². The standard InChI is InChI=1S/C15H24N5O4/c1-15(2,3)24-14(21)19-8-4-5-10(9-19)17-12-7-6-11(20(22)23)13(16)18-12/h6-7,10,22H,4-5,8-9H2,1-3H3,(H3,16,17,18)/q-1. The van der Waals surface area contributed by atoms with E-state index in [1.807, 2.05) is 20.8 Å². The van der Waals surface area contributed by atoms with E-state index in [4.69, 9.17) is 15.7 Å². The van der Waals surface area contributed by atoms with Gasteiger partial charge < -0.3 is 31.1 Å². The van der Waals surface area contributed by atoms with Crippen molar-refractivity contribution in [3.63, 3.8) is 0 Å². The van der Waals surface area contributed by atoms with Crippen LogP contribution in [0.4, 0.5) is 22.1 Å². The van der Waals surface area contributed by atoms with Crippen LogP contribution in [0, 0.1) is 5.21 Å². The average Bonchev–Trinajstić information content (AvgIpc) is 2.45. The number of likely N-dealkylation sites (tertiary alicyclic amines) is 1. The topological polar surface area (TPSA) is 127 Å². The molecule has 9 heteroatoms. The highest BCUT2D eigenvalue weighted by Gasteiger charge is 2.27. The number of nitrogens with one attached hydrogen (secondary N) is 1. The van der Waals surface area contributed by atoms with Gasteiger partial charge in [-0.15, -0.1) is 0 Å². The number of carbonyl (C=O) groups excluding carboxylic acids is 1. The number of nitrogens with two attached hydrogens (primary N) is 1. The summed E-state index contributed by atoms with van der Waals surface area (Å²) in [5.41, 5.74) is 4.99. The van der Waals surface area contributed by atoms with E-state index in [-0.39, 0.29) is 28.9 Å². The van der Waals surface area contributed by atoms with E-state index in [2.05, 4.69) is 10.3 Å². The molecule has 134 valence electrons. The number of anilines is 3. The van der Waals surface area contributed by atoms with Gasteiger partial charge in [0.25, 0.3) is 0 Å². The number of amides is 1. The number of aromatic nitrogens is 1. The van der Waals surface area contributed by atoms with E-state index in [1.54, 1.807) is 11.0 Å². The Morgan fingerprint density at radius 2 is 2.25 bits per heavy atom. The van der Waals surface area contributed by atoms with Gasteiger partial charge in [0.15, 0.2) is 5.82 Å². The third kappa shape index (κ3) is 4.87. The molecule has 1 aromatic heterocycles. The highest BCUT2D eigenvalue weighted by atomic mass is 16.8. The molecule has 24 heavy (non-hydrogen) atoms. The molecule has 2 rings (SSSR count). The van der Waals surface area contributed by atoms with E-state index in [1.165, 1.54) is 6.07 Å². The van der Waals surface area contributed by atoms with E-state index >= 15 is 0 Å². The molecule has 0 radical (unpaired) electrons. The number of hydrogen-bond acceptors (Lipinski definition) is 8. The number of hydrogen-bond donors (Lipinski definition) is 3. The number of pyridine rings is 1. The lowest BCUT2D eigenvalue weighted by molar-refractivity contribution is 0.0206. The predicted octanol–water partition coefficient (Wildman–Crippen LogP) is 2.17. The fourth-order valence-corrected chi connectivity index (χ4v) is 2.51. The van der Waals surface area contributed by atoms with Crippen molar-refractivity contribution in [1.82, 2.24) is 9.88 Å². The third-order valence-corrected chi connectivity index (χ3v) is 3.53. The minimum atomic E-state index is -0.530. The highest BCUT2D eigenvalue weighted by molar-refractivity contribution is 5.68. The average molecular weight is 338 g/mol. The van der Waals surface area contributed by atoms with Crippen LogP contribution in [0.15, 0.2) is 12.1 Å². The predicted molar refractivity (Wildman–Crippen MR) is 90.7 cm³/mol. The van der Waals surface area contributed by atoms with Crippen molar-refractivity contribution in [2.24, 2.45) is 0 Å². The Hall–Kier alpha value is -2.26. The summed E-state index contributed by atoms with van der Waals surface area (Å²) in [6, 6.07) is 2.94. The number of nitrogen functional groups attached to an aromatic ring is 1. The lowest BCUT2D eigenvalue weighted by Crippen LogP contribution is -2.47. The molecule has 0 saturated carbocycles. The van der Waals surface area contributed by atoms with Gasteiger partial charge in [-0.1, -0.05) is 0 Å². The van der Waals surface area contributed by atoms with Crippen LogP contribution in [-0.4, -0.2) is 45.9 Å². The van der Waals surface area contributed by atoms with Crippen molar-refractivity contribution in [3.05, 3.63) is 17.3 Å². The second kappa shape index (κ2) is 7.10. The molecule has 0 bridgehead atoms. The lowest BCUT2D eigenvalue weighted by atomic mass is 10.1. The molecule has 2 heterocycles. The highest BCUT2D eigenvalue weighted by Crippen LogP contribution is 2.23. The van der Waals surface area contributed by atoms with Gasteiger partial charge in [-0.3, -0.25) is 5.21 Å². The molecule has 0 aromatic carbocycles. The van der Waals surface area contributed by atoms with Crippen molar-refractivity contribution in [2.75, 3.05) is 29.4 Å². The fraction of sp³-hybridized carbons (Fsp3) is 0.600. The minimum absolute atomic E-state index is 0.00139. The van der Waals surface area contributed by atoms with Gasteiger partial charge in [0, 0.05) is 19.1 Å². The fourth-order valence-electron chi connectivity index (χ4n) is 2.51. The summed E-state index contributed by atoms with van der Waals surface area (Å²) in [4.78, 5) is 17.9. The number of ether oxygens (including phenoxy) is 1. The molecule has 0 spiro atoms. The molecule has 1 saturated heterocycles. The molecule has 0 aliphatic carbocycles. The Bertz CT molecular complexity index is 588. The van der Waals surface area contributed by atoms with Crippen LogP contribution >= 0.6 is 0 Å². The third-order valence-electron chi connectivity index (χ3n) is 3.53. The van der Waals surface area contributed by atoms with Crippen molar-refractivity contribution < 1.29 is 14.7 Å². The van der Waals surface area contributed by atoms with Crippen molar-refractivity contribution in [1.29, 1.82) is 0 Å². The quantitative estimate of drug-likeness (QED) is 0.716. The van der Waals surface area contributed by atoms with Crippen molar-refractivity contribution in [2.45, 2.75) is 45.3 Å². The van der Waals surface area contributed by atoms with Crippen molar-refractivity contribution >= 4 is 23.4 Å². The SMILES string of the molecule is CC(C)(C)OC(=O)N1CCCC(Nc2ccc(N([O-])O)c(N)n2)C1. The molecule has 1 aliphatic rings. The number of nitrogens with zero attached hydrogens (tertiary/aromatic N) is 3.